The smallest absolute Gasteiger partial charge is 0.226 e. The summed E-state index contributed by atoms with van der Waals surface area (Å²) in [6.45, 7) is 3.93. The van der Waals surface area contributed by atoms with E-state index in [0.29, 0.717) is 5.89 Å². The number of aromatic nitrogens is 1. The van der Waals surface area contributed by atoms with E-state index in [4.69, 9.17) is 4.42 Å². The molecule has 3 rings (SSSR count). The Bertz CT molecular complexity index is 780. The zero-order valence-corrected chi connectivity index (χ0v) is 12.6. The van der Waals surface area contributed by atoms with E-state index >= 15 is 0 Å². The van der Waals surface area contributed by atoms with Gasteiger partial charge >= 0.3 is 0 Å². The topological polar surface area (TPSA) is 58.3 Å². The van der Waals surface area contributed by atoms with Crippen molar-refractivity contribution >= 4 is 5.69 Å². The number of aryl methyl sites for hydroxylation is 1. The van der Waals surface area contributed by atoms with Gasteiger partial charge in [-0.2, -0.15) is 0 Å². The molecule has 0 aliphatic carbocycles. The summed E-state index contributed by atoms with van der Waals surface area (Å²) in [5.41, 5.74) is 2.93. The van der Waals surface area contributed by atoms with Crippen LogP contribution in [-0.4, -0.2) is 10.1 Å². The summed E-state index contributed by atoms with van der Waals surface area (Å²) >= 11 is 0. The third-order valence-corrected chi connectivity index (χ3v) is 3.48. The number of phenolic OH excluding ortho intramolecular Hbond substituents is 1. The molecule has 4 heteroatoms. The van der Waals surface area contributed by atoms with Gasteiger partial charge in [0.05, 0.1) is 6.20 Å². The molecule has 0 saturated heterocycles. The molecule has 22 heavy (non-hydrogen) atoms. The molecule has 0 unspecified atom stereocenters. The molecule has 4 nitrogen and oxygen atoms in total. The summed E-state index contributed by atoms with van der Waals surface area (Å²) in [5.74, 6) is 1.68. The van der Waals surface area contributed by atoms with Crippen LogP contribution in [0.25, 0.3) is 11.5 Å². The maximum Gasteiger partial charge on any atom is 0.226 e. The Kier molecular flexibility index (Phi) is 3.83. The van der Waals surface area contributed by atoms with Crippen molar-refractivity contribution in [3.8, 4) is 17.2 Å². The first kappa shape index (κ1) is 14.2. The molecule has 0 aliphatic heterocycles. The molecule has 1 atom stereocenters. The van der Waals surface area contributed by atoms with Crippen molar-refractivity contribution in [2.75, 3.05) is 5.32 Å². The second-order valence-electron chi connectivity index (χ2n) is 5.32. The summed E-state index contributed by atoms with van der Waals surface area (Å²) in [6, 6.07) is 15.3. The molecule has 0 fully saturated rings. The van der Waals surface area contributed by atoms with Crippen LogP contribution in [0.2, 0.25) is 0 Å². The van der Waals surface area contributed by atoms with Gasteiger partial charge in [0.2, 0.25) is 5.89 Å². The molecular formula is C18H18N2O2. The fraction of sp³-hybridized carbons (Fsp3) is 0.167. The van der Waals surface area contributed by atoms with Gasteiger partial charge in [-0.05, 0) is 49.7 Å². The number of nitrogens with one attached hydrogen (secondary N) is 1. The third-order valence-electron chi connectivity index (χ3n) is 3.48. The predicted molar refractivity (Wildman–Crippen MR) is 86.8 cm³/mol. The molecule has 0 radical (unpaired) electrons. The first-order chi connectivity index (χ1) is 10.6. The Morgan fingerprint density at radius 1 is 1.14 bits per heavy atom. The van der Waals surface area contributed by atoms with Crippen molar-refractivity contribution < 1.29 is 9.52 Å². The molecule has 1 heterocycles. The highest BCUT2D eigenvalue weighted by atomic mass is 16.4. The number of anilines is 1. The summed E-state index contributed by atoms with van der Waals surface area (Å²) < 4.78 is 5.56. The molecule has 1 aromatic heterocycles. The van der Waals surface area contributed by atoms with Crippen molar-refractivity contribution in [3.63, 3.8) is 0 Å². The lowest BCUT2D eigenvalue weighted by atomic mass is 10.1. The molecule has 0 bridgehead atoms. The van der Waals surface area contributed by atoms with E-state index in [0.717, 1.165) is 22.6 Å². The molecule has 112 valence electrons. The zero-order chi connectivity index (χ0) is 15.5. The Balaban J connectivity index is 1.81. The second-order valence-corrected chi connectivity index (χ2v) is 5.32. The highest BCUT2D eigenvalue weighted by Gasteiger charge is 2.08. The predicted octanol–water partition coefficient (Wildman–Crippen LogP) is 4.53. The molecule has 3 aromatic rings. The number of nitrogens with zero attached hydrogens (tertiary/aromatic N) is 1. The summed E-state index contributed by atoms with van der Waals surface area (Å²) in [5, 5.41) is 13.0. The maximum absolute atomic E-state index is 9.57. The second kappa shape index (κ2) is 5.93. The van der Waals surface area contributed by atoms with Crippen LogP contribution in [0.4, 0.5) is 5.69 Å². The lowest BCUT2D eigenvalue weighted by Crippen LogP contribution is -2.06. The fourth-order valence-corrected chi connectivity index (χ4v) is 2.36. The van der Waals surface area contributed by atoms with E-state index in [1.54, 1.807) is 18.3 Å². The standard InChI is InChI=1S/C18H18N2O2/c1-12-11-19-18(22-12)15-6-3-7-16(9-15)20-13(2)14-5-4-8-17(21)10-14/h3-11,13,20-21H,1-2H3/t13-/m0/s1. The third kappa shape index (κ3) is 3.11. The van der Waals surface area contributed by atoms with E-state index in [-0.39, 0.29) is 11.8 Å². The van der Waals surface area contributed by atoms with Gasteiger partial charge in [0.25, 0.3) is 0 Å². The Morgan fingerprint density at radius 2 is 1.95 bits per heavy atom. The van der Waals surface area contributed by atoms with E-state index in [1.165, 1.54) is 0 Å². The van der Waals surface area contributed by atoms with Crippen molar-refractivity contribution in [2.45, 2.75) is 19.9 Å². The average molecular weight is 294 g/mol. The SMILES string of the molecule is Cc1cnc(-c2cccc(N[C@@H](C)c3cccc(O)c3)c2)o1. The Labute approximate surface area is 129 Å². The maximum atomic E-state index is 9.57. The number of hydrogen-bond donors (Lipinski definition) is 2. The minimum absolute atomic E-state index is 0.0775. The molecule has 0 amide bonds. The zero-order valence-electron chi connectivity index (χ0n) is 12.6. The number of aromatic hydroxyl groups is 1. The lowest BCUT2D eigenvalue weighted by molar-refractivity contribution is 0.474. The van der Waals surface area contributed by atoms with Crippen LogP contribution in [-0.2, 0) is 0 Å². The van der Waals surface area contributed by atoms with E-state index in [9.17, 15) is 5.11 Å². The molecule has 0 spiro atoms. The molecule has 0 aliphatic rings. The highest BCUT2D eigenvalue weighted by molar-refractivity contribution is 5.61. The number of hydrogen-bond acceptors (Lipinski definition) is 4. The largest absolute Gasteiger partial charge is 0.508 e. The molecule has 2 aromatic carbocycles. The van der Waals surface area contributed by atoms with Gasteiger partial charge in [0, 0.05) is 17.3 Å². The van der Waals surface area contributed by atoms with Crippen LogP contribution in [0, 0.1) is 6.92 Å². The van der Waals surface area contributed by atoms with Crippen LogP contribution in [0.3, 0.4) is 0 Å². The minimum atomic E-state index is 0.0775. The van der Waals surface area contributed by atoms with Gasteiger partial charge in [-0.1, -0.05) is 18.2 Å². The van der Waals surface area contributed by atoms with Gasteiger partial charge in [0.1, 0.15) is 11.5 Å². The van der Waals surface area contributed by atoms with E-state index < -0.39 is 0 Å². The molecule has 0 saturated carbocycles. The van der Waals surface area contributed by atoms with Crippen LogP contribution in [0.15, 0.2) is 59.1 Å². The summed E-state index contributed by atoms with van der Waals surface area (Å²) in [4.78, 5) is 4.25. The highest BCUT2D eigenvalue weighted by Crippen LogP contribution is 2.26. The normalized spacial score (nSPS) is 12.1. The van der Waals surface area contributed by atoms with Gasteiger partial charge in [-0.15, -0.1) is 0 Å². The Morgan fingerprint density at radius 3 is 2.68 bits per heavy atom. The number of oxazole rings is 1. The van der Waals surface area contributed by atoms with Crippen LogP contribution in [0.1, 0.15) is 24.3 Å². The number of rotatable bonds is 4. The van der Waals surface area contributed by atoms with Crippen molar-refractivity contribution in [1.82, 2.24) is 4.98 Å². The van der Waals surface area contributed by atoms with Crippen molar-refractivity contribution in [3.05, 3.63) is 66.1 Å². The lowest BCUT2D eigenvalue weighted by Gasteiger charge is -2.16. The van der Waals surface area contributed by atoms with Gasteiger partial charge in [-0.25, -0.2) is 4.98 Å². The monoisotopic (exact) mass is 294 g/mol. The quantitative estimate of drug-likeness (QED) is 0.742. The summed E-state index contributed by atoms with van der Waals surface area (Å²) in [6.07, 6.45) is 1.71. The average Bonchev–Trinajstić information content (AvgIpc) is 2.94. The van der Waals surface area contributed by atoms with Gasteiger partial charge in [-0.3, -0.25) is 0 Å². The summed E-state index contributed by atoms with van der Waals surface area (Å²) in [7, 11) is 0. The minimum Gasteiger partial charge on any atom is -0.508 e. The van der Waals surface area contributed by atoms with Crippen molar-refractivity contribution in [1.29, 1.82) is 0 Å². The Hall–Kier alpha value is -2.75. The van der Waals surface area contributed by atoms with Crippen molar-refractivity contribution in [2.24, 2.45) is 0 Å². The van der Waals surface area contributed by atoms with Crippen LogP contribution in [0.5, 0.6) is 5.75 Å². The number of phenols is 1. The molecular weight excluding hydrogens is 276 g/mol. The molecule has 2 N–H and O–H groups in total. The van der Waals surface area contributed by atoms with E-state index in [2.05, 4.69) is 17.2 Å². The van der Waals surface area contributed by atoms with E-state index in [1.807, 2.05) is 43.3 Å². The van der Waals surface area contributed by atoms with Crippen LogP contribution < -0.4 is 5.32 Å². The van der Waals surface area contributed by atoms with Crippen LogP contribution >= 0.6 is 0 Å². The first-order valence-corrected chi connectivity index (χ1v) is 7.20. The van der Waals surface area contributed by atoms with Gasteiger partial charge < -0.3 is 14.8 Å². The number of benzene rings is 2. The first-order valence-electron chi connectivity index (χ1n) is 7.20. The fourth-order valence-electron chi connectivity index (χ4n) is 2.36. The van der Waals surface area contributed by atoms with Gasteiger partial charge in [0.15, 0.2) is 0 Å².